The van der Waals surface area contributed by atoms with Gasteiger partial charge in [-0.05, 0) is 31.9 Å². The van der Waals surface area contributed by atoms with E-state index in [1.165, 1.54) is 0 Å². The van der Waals surface area contributed by atoms with Crippen LogP contribution in [0.4, 0.5) is 0 Å². The van der Waals surface area contributed by atoms with E-state index in [2.05, 4.69) is 4.98 Å². The largest absolute Gasteiger partial charge is 0.481 e. The number of carbonyl (C=O) groups is 1. The van der Waals surface area contributed by atoms with Crippen LogP contribution in [0.5, 0.6) is 17.2 Å². The van der Waals surface area contributed by atoms with Gasteiger partial charge in [0.25, 0.3) is 5.91 Å². The molecule has 1 fully saturated rings. The lowest BCUT2D eigenvalue weighted by Gasteiger charge is -2.25. The maximum atomic E-state index is 12.8. The van der Waals surface area contributed by atoms with Crippen molar-refractivity contribution < 1.29 is 19.0 Å². The summed E-state index contributed by atoms with van der Waals surface area (Å²) >= 11 is 1.57. The zero-order valence-electron chi connectivity index (χ0n) is 13.3. The molecule has 0 N–H and O–H groups in total. The Labute approximate surface area is 144 Å². The van der Waals surface area contributed by atoms with Crippen molar-refractivity contribution in [3.8, 4) is 17.2 Å². The van der Waals surface area contributed by atoms with E-state index in [9.17, 15) is 4.79 Å². The van der Waals surface area contributed by atoms with Crippen LogP contribution in [0.1, 0.15) is 24.8 Å². The summed E-state index contributed by atoms with van der Waals surface area (Å²) in [4.78, 5) is 19.0. The second kappa shape index (κ2) is 6.32. The maximum Gasteiger partial charge on any atom is 0.263 e. The van der Waals surface area contributed by atoms with Crippen LogP contribution in [0.15, 0.2) is 29.8 Å². The van der Waals surface area contributed by atoms with E-state index in [0.29, 0.717) is 29.8 Å². The predicted octanol–water partition coefficient (Wildman–Crippen LogP) is 2.83. The lowest BCUT2D eigenvalue weighted by atomic mass is 10.2. The van der Waals surface area contributed by atoms with Gasteiger partial charge in [-0.1, -0.05) is 0 Å². The van der Waals surface area contributed by atoms with Crippen molar-refractivity contribution >= 4 is 17.2 Å². The summed E-state index contributed by atoms with van der Waals surface area (Å²) in [6.07, 6.45) is 3.30. The van der Waals surface area contributed by atoms with Crippen molar-refractivity contribution in [2.24, 2.45) is 0 Å². The van der Waals surface area contributed by atoms with E-state index in [4.69, 9.17) is 14.2 Å². The molecule has 1 amide bonds. The Morgan fingerprint density at radius 2 is 2.25 bits per heavy atom. The molecule has 24 heavy (non-hydrogen) atoms. The van der Waals surface area contributed by atoms with Crippen LogP contribution in [0.3, 0.4) is 0 Å². The lowest BCUT2D eigenvalue weighted by Crippen LogP contribution is -2.41. The minimum atomic E-state index is -0.564. The molecule has 7 heteroatoms. The number of hydrogen-bond acceptors (Lipinski definition) is 6. The summed E-state index contributed by atoms with van der Waals surface area (Å²) in [5.41, 5.74) is 0. The minimum absolute atomic E-state index is 0.00892. The Morgan fingerprint density at radius 3 is 3.00 bits per heavy atom. The van der Waals surface area contributed by atoms with Gasteiger partial charge in [-0.25, -0.2) is 4.98 Å². The second-order valence-corrected chi connectivity index (χ2v) is 6.88. The van der Waals surface area contributed by atoms with Gasteiger partial charge in [0.2, 0.25) is 6.79 Å². The summed E-state index contributed by atoms with van der Waals surface area (Å²) in [6, 6.07) is 5.65. The lowest BCUT2D eigenvalue weighted by molar-refractivity contribution is -0.139. The van der Waals surface area contributed by atoms with Gasteiger partial charge < -0.3 is 19.1 Å². The molecule has 1 saturated carbocycles. The minimum Gasteiger partial charge on any atom is -0.481 e. The Balaban J connectivity index is 1.44. The third kappa shape index (κ3) is 3.17. The molecule has 0 spiro atoms. The van der Waals surface area contributed by atoms with Gasteiger partial charge in [-0.2, -0.15) is 0 Å². The molecule has 1 atom stereocenters. The molecule has 0 radical (unpaired) electrons. The normalized spacial score (nSPS) is 16.7. The van der Waals surface area contributed by atoms with Crippen molar-refractivity contribution in [3.63, 3.8) is 0 Å². The number of amides is 1. The van der Waals surface area contributed by atoms with Gasteiger partial charge in [0, 0.05) is 23.7 Å². The van der Waals surface area contributed by atoms with Crippen LogP contribution in [0, 0.1) is 0 Å². The van der Waals surface area contributed by atoms with Crippen LogP contribution in [0.25, 0.3) is 0 Å². The fourth-order valence-electron chi connectivity index (χ4n) is 2.69. The van der Waals surface area contributed by atoms with Crippen LogP contribution in [-0.4, -0.2) is 34.7 Å². The molecule has 126 valence electrons. The number of hydrogen-bond donors (Lipinski definition) is 0. The van der Waals surface area contributed by atoms with E-state index in [0.717, 1.165) is 17.8 Å². The molecule has 0 bridgehead atoms. The van der Waals surface area contributed by atoms with Gasteiger partial charge in [-0.3, -0.25) is 4.79 Å². The van der Waals surface area contributed by atoms with E-state index in [1.807, 2.05) is 10.3 Å². The average Bonchev–Trinajstić information content (AvgIpc) is 3.09. The molecular formula is C17H18N2O4S. The van der Waals surface area contributed by atoms with E-state index >= 15 is 0 Å². The molecule has 2 heterocycles. The van der Waals surface area contributed by atoms with Gasteiger partial charge in [-0.15, -0.1) is 11.3 Å². The monoisotopic (exact) mass is 346 g/mol. The Morgan fingerprint density at radius 1 is 1.42 bits per heavy atom. The van der Waals surface area contributed by atoms with Crippen LogP contribution in [0.2, 0.25) is 0 Å². The molecular weight excluding hydrogens is 328 g/mol. The quantitative estimate of drug-likeness (QED) is 0.805. The van der Waals surface area contributed by atoms with Crippen LogP contribution in [-0.2, 0) is 11.3 Å². The first-order chi connectivity index (χ1) is 11.7. The summed E-state index contributed by atoms with van der Waals surface area (Å²) < 4.78 is 16.5. The molecule has 1 aromatic heterocycles. The smallest absolute Gasteiger partial charge is 0.263 e. The van der Waals surface area contributed by atoms with Crippen molar-refractivity contribution in [1.82, 2.24) is 9.88 Å². The number of benzene rings is 1. The fourth-order valence-corrected chi connectivity index (χ4v) is 3.30. The molecule has 1 aliphatic carbocycles. The van der Waals surface area contributed by atoms with Crippen molar-refractivity contribution in [1.29, 1.82) is 0 Å². The summed E-state index contributed by atoms with van der Waals surface area (Å²) in [7, 11) is 0. The third-order valence-electron chi connectivity index (χ3n) is 4.06. The number of rotatable bonds is 6. The zero-order valence-corrected chi connectivity index (χ0v) is 14.1. The Kier molecular flexibility index (Phi) is 4.02. The summed E-state index contributed by atoms with van der Waals surface area (Å²) in [5.74, 6) is 1.94. The van der Waals surface area contributed by atoms with E-state index < -0.39 is 6.10 Å². The number of aromatic nitrogens is 1. The Bertz CT molecular complexity index is 730. The molecule has 2 aliphatic rings. The van der Waals surface area contributed by atoms with Gasteiger partial charge >= 0.3 is 0 Å². The molecule has 0 saturated heterocycles. The molecule has 0 unspecified atom stereocenters. The topological polar surface area (TPSA) is 60.9 Å². The first-order valence-corrected chi connectivity index (χ1v) is 8.84. The molecule has 6 nitrogen and oxygen atoms in total. The maximum absolute atomic E-state index is 12.8. The predicted molar refractivity (Wildman–Crippen MR) is 88.3 cm³/mol. The fraction of sp³-hybridized carbons (Fsp3) is 0.412. The van der Waals surface area contributed by atoms with Crippen molar-refractivity contribution in [3.05, 3.63) is 34.8 Å². The third-order valence-corrected chi connectivity index (χ3v) is 4.83. The highest BCUT2D eigenvalue weighted by Gasteiger charge is 2.35. The molecule has 1 aromatic carbocycles. The SMILES string of the molecule is C[C@@H](Oc1ccc2c(c1)OCO2)C(=O)N(Cc1nccs1)C1CC1. The Hall–Kier alpha value is -2.28. The standard InChI is InChI=1S/C17H18N2O4S/c1-11(23-13-4-5-14-15(8-13)22-10-21-14)17(20)19(12-2-3-12)9-16-18-6-7-24-16/h4-8,11-12H,2-3,9-10H2,1H3/t11-/m1/s1. The summed E-state index contributed by atoms with van der Waals surface area (Å²) in [6.45, 7) is 2.55. The van der Waals surface area contributed by atoms with Crippen LogP contribution >= 0.6 is 11.3 Å². The highest BCUT2D eigenvalue weighted by atomic mass is 32.1. The van der Waals surface area contributed by atoms with Gasteiger partial charge in [0.15, 0.2) is 17.6 Å². The first kappa shape index (κ1) is 15.3. The van der Waals surface area contributed by atoms with E-state index in [1.54, 1.807) is 42.7 Å². The van der Waals surface area contributed by atoms with Gasteiger partial charge in [0.1, 0.15) is 10.8 Å². The van der Waals surface area contributed by atoms with Gasteiger partial charge in [0.05, 0.1) is 6.54 Å². The number of nitrogens with zero attached hydrogens (tertiary/aromatic N) is 2. The van der Waals surface area contributed by atoms with Crippen molar-refractivity contribution in [2.45, 2.75) is 38.5 Å². The molecule has 4 rings (SSSR count). The average molecular weight is 346 g/mol. The summed E-state index contributed by atoms with van der Waals surface area (Å²) in [5, 5.41) is 2.88. The number of carbonyl (C=O) groups excluding carboxylic acids is 1. The number of ether oxygens (including phenoxy) is 3. The number of thiazole rings is 1. The first-order valence-electron chi connectivity index (χ1n) is 7.96. The number of fused-ring (bicyclic) bond motifs is 1. The van der Waals surface area contributed by atoms with Crippen molar-refractivity contribution in [2.75, 3.05) is 6.79 Å². The molecule has 1 aliphatic heterocycles. The second-order valence-electron chi connectivity index (χ2n) is 5.90. The highest BCUT2D eigenvalue weighted by molar-refractivity contribution is 7.09. The van der Waals surface area contributed by atoms with Crippen LogP contribution < -0.4 is 14.2 Å². The molecule has 2 aromatic rings. The van der Waals surface area contributed by atoms with E-state index in [-0.39, 0.29) is 12.7 Å². The zero-order chi connectivity index (χ0) is 16.5. The highest BCUT2D eigenvalue weighted by Crippen LogP contribution is 2.36.